The van der Waals surface area contributed by atoms with Gasteiger partial charge in [-0.3, -0.25) is 0 Å². The van der Waals surface area contributed by atoms with Gasteiger partial charge in [-0.1, -0.05) is 72.8 Å². The number of hydrogen-bond donors (Lipinski definition) is 2. The Balaban J connectivity index is 0.00000256. The molecule has 298 valence electrons. The minimum atomic E-state index is -6.60. The van der Waals surface area contributed by atoms with Crippen LogP contribution in [0.15, 0.2) is 92.4 Å². The van der Waals surface area contributed by atoms with Crippen LogP contribution < -0.4 is 0 Å². The second-order valence-corrected chi connectivity index (χ2v) is 17.4. The summed E-state index contributed by atoms with van der Waals surface area (Å²) in [6.07, 6.45) is 0. The molecule has 58 heavy (non-hydrogen) atoms. The van der Waals surface area contributed by atoms with Gasteiger partial charge >= 0.3 is 33.0 Å². The van der Waals surface area contributed by atoms with Gasteiger partial charge in [-0.2, -0.15) is 0 Å². The third kappa shape index (κ3) is 6.47. The molecule has 7 aromatic rings. The molecule has 2 aliphatic rings. The van der Waals surface area contributed by atoms with Gasteiger partial charge in [0.25, 0.3) is 0 Å². The summed E-state index contributed by atoms with van der Waals surface area (Å²) in [5.74, 6) is -0.637. The molecule has 2 aliphatic heterocycles. The van der Waals surface area contributed by atoms with Gasteiger partial charge in [0, 0.05) is 43.8 Å². The molecule has 5 heterocycles. The number of hydrogen-bond acceptors (Lipinski definition) is 18. The predicted molar refractivity (Wildman–Crippen MR) is 188 cm³/mol. The molecule has 0 radical (unpaired) electrons. The van der Waals surface area contributed by atoms with Gasteiger partial charge in [-0.05, 0) is 0 Å². The van der Waals surface area contributed by atoms with Gasteiger partial charge in [0.15, 0.2) is 23.3 Å². The van der Waals surface area contributed by atoms with Crippen LogP contribution in [0, 0.1) is 0 Å². The van der Waals surface area contributed by atoms with Crippen molar-refractivity contribution in [3.05, 3.63) is 72.8 Å². The zero-order chi connectivity index (χ0) is 39.7. The molecule has 0 saturated carbocycles. The van der Waals surface area contributed by atoms with E-state index in [4.69, 9.17) is 9.97 Å². The van der Waals surface area contributed by atoms with E-state index in [2.05, 4.69) is 29.9 Å². The smallest absolute Gasteiger partial charge is 0.744 e. The normalized spacial score (nSPS) is 12.8. The summed E-state index contributed by atoms with van der Waals surface area (Å²) in [4.78, 5) is 23.0. The molecule has 0 spiro atoms. The second-order valence-electron chi connectivity index (χ2n) is 12.1. The van der Waals surface area contributed by atoms with Crippen molar-refractivity contribution in [2.45, 2.75) is 19.6 Å². The summed E-state index contributed by atoms with van der Waals surface area (Å²) in [7, 11) is -26.0. The minimum Gasteiger partial charge on any atom is -0.744 e. The number of aromatic nitrogens is 8. The van der Waals surface area contributed by atoms with Crippen LogP contribution in [0.3, 0.4) is 0 Å². The molecule has 2 N–H and O–H groups in total. The molecule has 20 nitrogen and oxygen atoms in total. The molecule has 4 aromatic carbocycles. The molecule has 0 unspecified atom stereocenters. The van der Waals surface area contributed by atoms with Crippen LogP contribution in [0.25, 0.3) is 89.7 Å². The number of rotatable bonds is 4. The molecule has 26 heteroatoms. The van der Waals surface area contributed by atoms with E-state index < -0.39 is 82.1 Å². The Morgan fingerprint density at radius 1 is 0.362 bits per heavy atom. The fraction of sp³-hybridized carbons (Fsp3) is 0. The molecular weight excluding hydrogens is 934 g/mol. The van der Waals surface area contributed by atoms with Crippen molar-refractivity contribution >= 4 is 84.6 Å². The Labute approximate surface area is 345 Å². The Kier molecular flexibility index (Phi) is 9.72. The maximum absolute atomic E-state index is 13.0. The van der Waals surface area contributed by atoms with Crippen molar-refractivity contribution < 1.29 is 84.9 Å². The van der Waals surface area contributed by atoms with Crippen LogP contribution in [0.4, 0.5) is 0 Å². The van der Waals surface area contributed by atoms with Crippen LogP contribution in [0.2, 0.25) is 0 Å². The van der Waals surface area contributed by atoms with E-state index in [1.165, 1.54) is 12.1 Å². The number of benzene rings is 4. The quantitative estimate of drug-likeness (QED) is 0.189. The summed E-state index contributed by atoms with van der Waals surface area (Å²) in [6.45, 7) is 0. The Bertz CT molecular complexity index is 3390. The molecule has 0 saturated heterocycles. The summed E-state index contributed by atoms with van der Waals surface area (Å²) in [5, 5.41) is -1.56. The zero-order valence-electron chi connectivity index (χ0n) is 27.8. The van der Waals surface area contributed by atoms with E-state index in [-0.39, 0.29) is 78.7 Å². The van der Waals surface area contributed by atoms with Gasteiger partial charge in [0.1, 0.15) is 63.1 Å². The van der Waals surface area contributed by atoms with E-state index in [9.17, 15) is 51.9 Å². The van der Waals surface area contributed by atoms with Crippen LogP contribution >= 0.6 is 0 Å². The SMILES string of the molecule is O=S(=O)([O-])c1c(S(=O)(=O)[O-])c(S(=O)(=O)[O-])c2c3nc4nc(nc5[nH]c(nc6nc(nc([nH]3)c2c1S(=O)(=O)[O-])-c1ccccc1-6)c1ccccc51)-c1ccccc1-4.[Ni+2].[Ni+2]. The van der Waals surface area contributed by atoms with Crippen molar-refractivity contribution in [3.8, 4) is 45.6 Å². The monoisotopic (exact) mass is 946 g/mol. The Morgan fingerprint density at radius 2 is 0.621 bits per heavy atom. The Morgan fingerprint density at radius 3 is 0.914 bits per heavy atom. The fourth-order valence-electron chi connectivity index (χ4n) is 6.72. The maximum atomic E-state index is 13.0. The standard InChI is InChI=1S/C32H18N8O12S4.2Ni/c41-53(42,43)21-19-20(22(54(44,45)46)24(56(50,51)52)23(21)55(47,48)49)32-39-30-18-12-6-4-10-16(18)28(37-30)35-26-14-8-2-1-7-13(14)25(33-26)34-27-15-9-3-5-11-17(15)29(36-27)38-31(19)40-32;;/h1-12H,(H,41,42,43)(H,44,45,46)(H,47,48,49)(H,50,51,52)(H2,33,34,35,36,37,38,39,40);;/q;2*+2/p-4. The molecule has 3 aromatic heterocycles. The third-order valence-corrected chi connectivity index (χ3v) is 12.8. The average molecular weight is 948 g/mol. The molecular formula is C32H14N8Ni2O12S4. The molecule has 8 bridgehead atoms. The molecule has 0 aliphatic carbocycles. The number of aromatic amines is 2. The van der Waals surface area contributed by atoms with Crippen molar-refractivity contribution in [1.29, 1.82) is 0 Å². The molecule has 0 atom stereocenters. The fourth-order valence-corrected chi connectivity index (χ4v) is 11.6. The molecule has 0 amide bonds. The van der Waals surface area contributed by atoms with Crippen LogP contribution in [0.1, 0.15) is 0 Å². The first-order valence-electron chi connectivity index (χ1n) is 15.5. The topological polar surface area (TPSA) is 338 Å². The van der Waals surface area contributed by atoms with Gasteiger partial charge < -0.3 is 28.2 Å². The summed E-state index contributed by atoms with van der Waals surface area (Å²) in [5.41, 5.74) is -0.283. The number of nitrogens with one attached hydrogen (secondary N) is 2. The average Bonchev–Trinajstić information content (AvgIpc) is 3.84. The van der Waals surface area contributed by atoms with E-state index in [0.717, 1.165) is 0 Å². The first-order chi connectivity index (χ1) is 26.3. The van der Waals surface area contributed by atoms with Crippen molar-refractivity contribution in [1.82, 2.24) is 39.9 Å². The maximum Gasteiger partial charge on any atom is 2.00 e. The third-order valence-electron chi connectivity index (χ3n) is 8.82. The summed E-state index contributed by atoms with van der Waals surface area (Å²) < 4.78 is 154. The van der Waals surface area contributed by atoms with Crippen LogP contribution in [-0.4, -0.2) is 91.8 Å². The molecule has 9 rings (SSSR count). The number of nitrogens with zero attached hydrogens (tertiary/aromatic N) is 6. The van der Waals surface area contributed by atoms with Crippen molar-refractivity contribution in [3.63, 3.8) is 0 Å². The van der Waals surface area contributed by atoms with Crippen LogP contribution in [-0.2, 0) is 73.5 Å². The van der Waals surface area contributed by atoms with E-state index >= 15 is 0 Å². The largest absolute Gasteiger partial charge is 2.00 e. The number of fused-ring (bicyclic) bond motifs is 20. The second kappa shape index (κ2) is 13.7. The zero-order valence-corrected chi connectivity index (χ0v) is 33.0. The van der Waals surface area contributed by atoms with Crippen molar-refractivity contribution in [2.75, 3.05) is 0 Å². The van der Waals surface area contributed by atoms with Gasteiger partial charge in [-0.25, -0.2) is 63.6 Å². The van der Waals surface area contributed by atoms with Gasteiger partial charge in [-0.15, -0.1) is 0 Å². The van der Waals surface area contributed by atoms with Crippen LogP contribution in [0.5, 0.6) is 0 Å². The summed E-state index contributed by atoms with van der Waals surface area (Å²) in [6, 6.07) is 19.6. The predicted octanol–water partition coefficient (Wildman–Crippen LogP) is 2.48. The van der Waals surface area contributed by atoms with Crippen molar-refractivity contribution in [2.24, 2.45) is 0 Å². The first-order valence-corrected chi connectivity index (χ1v) is 21.1. The first kappa shape index (κ1) is 41.0. The summed E-state index contributed by atoms with van der Waals surface area (Å²) >= 11 is 0. The van der Waals surface area contributed by atoms with E-state index in [0.29, 0.717) is 21.9 Å². The van der Waals surface area contributed by atoms with Gasteiger partial charge in [0.05, 0.1) is 19.6 Å². The minimum absolute atomic E-state index is 0. The van der Waals surface area contributed by atoms with Gasteiger partial charge in [0.2, 0.25) is 0 Å². The van der Waals surface area contributed by atoms with E-state index in [1.807, 2.05) is 0 Å². The number of H-pyrrole nitrogens is 2. The van der Waals surface area contributed by atoms with E-state index in [1.54, 1.807) is 60.7 Å². The Hall–Kier alpha value is -5.13. The molecule has 0 fully saturated rings.